The summed E-state index contributed by atoms with van der Waals surface area (Å²) >= 11 is 5.78. The molecule has 0 aliphatic rings. The van der Waals surface area contributed by atoms with E-state index in [9.17, 15) is 40.6 Å². The Labute approximate surface area is 185 Å². The molecule has 2 N–H and O–H groups in total. The van der Waals surface area contributed by atoms with Crippen molar-refractivity contribution in [1.82, 2.24) is 14.8 Å². The second-order valence-corrected chi connectivity index (χ2v) is 7.02. The molecule has 0 radical (unpaired) electrons. The first-order chi connectivity index (χ1) is 15.3. The Balaban J connectivity index is 1.92. The highest BCUT2D eigenvalue weighted by atomic mass is 35.5. The van der Waals surface area contributed by atoms with Crippen LogP contribution in [0.1, 0.15) is 33.4 Å². The van der Waals surface area contributed by atoms with E-state index in [0.29, 0.717) is 16.9 Å². The Morgan fingerprint density at radius 1 is 1.18 bits per heavy atom. The number of aromatic nitrogens is 3. The van der Waals surface area contributed by atoms with E-state index in [1.54, 1.807) is 0 Å². The molecule has 1 atom stereocenters. The summed E-state index contributed by atoms with van der Waals surface area (Å²) in [6.45, 7) is -0.615. The van der Waals surface area contributed by atoms with Gasteiger partial charge in [0.25, 0.3) is 5.91 Å². The molecule has 0 saturated carbocycles. The normalized spacial score (nSPS) is 13.1. The number of aliphatic hydroxyl groups is 1. The summed E-state index contributed by atoms with van der Waals surface area (Å²) in [6.07, 6.45) is -11.6. The number of aliphatic hydroxyl groups excluding tert-OH is 1. The van der Waals surface area contributed by atoms with Crippen LogP contribution in [0.15, 0.2) is 42.7 Å². The number of amides is 1. The van der Waals surface area contributed by atoms with Crippen molar-refractivity contribution in [1.29, 1.82) is 0 Å². The van der Waals surface area contributed by atoms with Crippen molar-refractivity contribution in [2.24, 2.45) is 0 Å². The summed E-state index contributed by atoms with van der Waals surface area (Å²) < 4.78 is 93.1. The highest BCUT2D eigenvalue weighted by molar-refractivity contribution is 6.31. The fourth-order valence-electron chi connectivity index (χ4n) is 2.84. The van der Waals surface area contributed by atoms with E-state index in [0.717, 1.165) is 18.3 Å². The number of halogens is 8. The highest BCUT2D eigenvalue weighted by Crippen LogP contribution is 2.34. The average Bonchev–Trinajstić information content (AvgIpc) is 3.15. The molecule has 3 rings (SSSR count). The summed E-state index contributed by atoms with van der Waals surface area (Å²) in [7, 11) is 0. The molecule has 0 bridgehead atoms. The minimum atomic E-state index is -5.07. The van der Waals surface area contributed by atoms with E-state index < -0.39 is 58.7 Å². The van der Waals surface area contributed by atoms with Crippen LogP contribution < -0.4 is 5.32 Å². The lowest BCUT2D eigenvalue weighted by Crippen LogP contribution is -2.23. The van der Waals surface area contributed by atoms with Gasteiger partial charge in [-0.3, -0.25) is 14.5 Å². The first-order valence-corrected chi connectivity index (χ1v) is 9.24. The third-order valence-electron chi connectivity index (χ3n) is 4.33. The molecule has 1 amide bonds. The standard InChI is InChI=1S/C19H12ClF7N4O2/c20-14-9(2-1-3-12(14)21)8-31-15(18(22,23)24)11(7-29-31)17(33)30-10-4-5-28-13(6-10)16(32)19(25,26)27/h1-7,16,32H,8H2,(H,28,30,33). The average molecular weight is 497 g/mol. The van der Waals surface area contributed by atoms with Crippen LogP contribution in [0.25, 0.3) is 0 Å². The number of carbonyl (C=O) groups excluding carboxylic acids is 1. The van der Waals surface area contributed by atoms with Gasteiger partial charge in [-0.25, -0.2) is 4.39 Å². The number of nitrogens with zero attached hydrogens (tertiary/aromatic N) is 3. The molecule has 2 aromatic heterocycles. The Morgan fingerprint density at radius 2 is 1.88 bits per heavy atom. The summed E-state index contributed by atoms with van der Waals surface area (Å²) in [5, 5.41) is 14.4. The molecule has 2 heterocycles. The van der Waals surface area contributed by atoms with Gasteiger partial charge < -0.3 is 10.4 Å². The highest BCUT2D eigenvalue weighted by Gasteiger charge is 2.41. The summed E-state index contributed by atoms with van der Waals surface area (Å²) in [6, 6.07) is 5.21. The van der Waals surface area contributed by atoms with Gasteiger partial charge in [0.05, 0.1) is 29.0 Å². The van der Waals surface area contributed by atoms with Crippen LogP contribution >= 0.6 is 11.6 Å². The number of nitrogens with one attached hydrogen (secondary N) is 1. The van der Waals surface area contributed by atoms with Gasteiger partial charge in [0.1, 0.15) is 5.82 Å². The maximum atomic E-state index is 13.7. The van der Waals surface area contributed by atoms with Gasteiger partial charge in [-0.1, -0.05) is 23.7 Å². The van der Waals surface area contributed by atoms with Gasteiger partial charge in [-0.15, -0.1) is 0 Å². The maximum Gasteiger partial charge on any atom is 0.433 e. The quantitative estimate of drug-likeness (QED) is 0.488. The topological polar surface area (TPSA) is 80.0 Å². The van der Waals surface area contributed by atoms with Gasteiger partial charge in [-0.05, 0) is 23.8 Å². The Hall–Kier alpha value is -3.19. The molecule has 1 unspecified atom stereocenters. The molecule has 1 aromatic carbocycles. The molecule has 0 saturated heterocycles. The number of alkyl halides is 6. The molecule has 3 aromatic rings. The third kappa shape index (κ3) is 5.42. The molecule has 0 spiro atoms. The van der Waals surface area contributed by atoms with Crippen LogP contribution in [0.4, 0.5) is 36.4 Å². The zero-order valence-corrected chi connectivity index (χ0v) is 16.8. The van der Waals surface area contributed by atoms with Crippen molar-refractivity contribution < 1.29 is 40.6 Å². The molecule has 176 valence electrons. The zero-order valence-electron chi connectivity index (χ0n) is 16.0. The monoisotopic (exact) mass is 496 g/mol. The lowest BCUT2D eigenvalue weighted by atomic mass is 10.1. The Morgan fingerprint density at radius 3 is 2.52 bits per heavy atom. The molecular weight excluding hydrogens is 485 g/mol. The van der Waals surface area contributed by atoms with Crippen LogP contribution in [0, 0.1) is 5.82 Å². The van der Waals surface area contributed by atoms with Crippen LogP contribution in [-0.4, -0.2) is 32.0 Å². The fraction of sp³-hybridized carbons (Fsp3) is 0.211. The summed E-state index contributed by atoms with van der Waals surface area (Å²) in [5.74, 6) is -2.19. The number of hydrogen-bond donors (Lipinski definition) is 2. The number of anilines is 1. The lowest BCUT2D eigenvalue weighted by molar-refractivity contribution is -0.207. The third-order valence-corrected chi connectivity index (χ3v) is 4.76. The molecule has 33 heavy (non-hydrogen) atoms. The summed E-state index contributed by atoms with van der Waals surface area (Å²) in [4.78, 5) is 15.8. The maximum absolute atomic E-state index is 13.7. The molecule has 0 fully saturated rings. The minimum absolute atomic E-state index is 0.0304. The number of pyridine rings is 1. The van der Waals surface area contributed by atoms with Gasteiger partial charge in [-0.2, -0.15) is 31.4 Å². The predicted molar refractivity (Wildman–Crippen MR) is 101 cm³/mol. The largest absolute Gasteiger partial charge is 0.433 e. The predicted octanol–water partition coefficient (Wildman–Crippen LogP) is 4.99. The Bertz CT molecular complexity index is 1180. The van der Waals surface area contributed by atoms with Crippen LogP contribution in [-0.2, 0) is 12.7 Å². The smallest absolute Gasteiger partial charge is 0.378 e. The van der Waals surface area contributed by atoms with Crippen molar-refractivity contribution in [2.45, 2.75) is 25.0 Å². The van der Waals surface area contributed by atoms with Crippen LogP contribution in [0.5, 0.6) is 0 Å². The Kier molecular flexibility index (Phi) is 6.65. The van der Waals surface area contributed by atoms with Crippen molar-refractivity contribution in [3.05, 3.63) is 76.1 Å². The van der Waals surface area contributed by atoms with E-state index in [1.165, 1.54) is 12.1 Å². The molecule has 14 heteroatoms. The van der Waals surface area contributed by atoms with Crippen molar-refractivity contribution >= 4 is 23.2 Å². The van der Waals surface area contributed by atoms with E-state index in [-0.39, 0.29) is 11.3 Å². The van der Waals surface area contributed by atoms with Gasteiger partial charge in [0.2, 0.25) is 0 Å². The van der Waals surface area contributed by atoms with Crippen LogP contribution in [0.2, 0.25) is 5.02 Å². The van der Waals surface area contributed by atoms with E-state index in [2.05, 4.69) is 10.1 Å². The zero-order chi connectivity index (χ0) is 24.6. The second-order valence-electron chi connectivity index (χ2n) is 6.64. The number of benzene rings is 1. The van der Waals surface area contributed by atoms with Gasteiger partial charge in [0.15, 0.2) is 11.8 Å². The number of rotatable bonds is 5. The second kappa shape index (κ2) is 8.98. The van der Waals surface area contributed by atoms with E-state index in [1.807, 2.05) is 5.32 Å². The molecule has 0 aliphatic heterocycles. The lowest BCUT2D eigenvalue weighted by Gasteiger charge is -2.15. The minimum Gasteiger partial charge on any atom is -0.378 e. The van der Waals surface area contributed by atoms with Crippen LogP contribution in [0.3, 0.4) is 0 Å². The van der Waals surface area contributed by atoms with E-state index in [4.69, 9.17) is 11.6 Å². The van der Waals surface area contributed by atoms with E-state index >= 15 is 0 Å². The molecule has 6 nitrogen and oxygen atoms in total. The molecular formula is C19H12ClF7N4O2. The number of hydrogen-bond acceptors (Lipinski definition) is 4. The first-order valence-electron chi connectivity index (χ1n) is 8.87. The van der Waals surface area contributed by atoms with Crippen molar-refractivity contribution in [2.75, 3.05) is 5.32 Å². The first kappa shape index (κ1) is 24.5. The van der Waals surface area contributed by atoms with Gasteiger partial charge in [0, 0.05) is 11.9 Å². The van der Waals surface area contributed by atoms with Gasteiger partial charge >= 0.3 is 12.4 Å². The molecule has 0 aliphatic carbocycles. The number of carbonyl (C=O) groups is 1. The summed E-state index contributed by atoms with van der Waals surface area (Å²) in [5.41, 5.74) is -3.66. The SMILES string of the molecule is O=C(Nc1ccnc(C(O)C(F)(F)F)c1)c1cnn(Cc2cccc(F)c2Cl)c1C(F)(F)F. The van der Waals surface area contributed by atoms with Crippen molar-refractivity contribution in [3.63, 3.8) is 0 Å². The fourth-order valence-corrected chi connectivity index (χ4v) is 3.03. The van der Waals surface area contributed by atoms with Crippen molar-refractivity contribution in [3.8, 4) is 0 Å².